The van der Waals surface area contributed by atoms with Crippen molar-refractivity contribution in [1.29, 1.82) is 5.26 Å². The molecule has 4 aromatic rings. The Bertz CT molecular complexity index is 1300. The molecule has 0 saturated heterocycles. The third kappa shape index (κ3) is 5.59. The summed E-state index contributed by atoms with van der Waals surface area (Å²) in [6.07, 6.45) is 3.93. The predicted octanol–water partition coefficient (Wildman–Crippen LogP) is 4.80. The normalized spacial score (nSPS) is 10.4. The average Bonchev–Trinajstić information content (AvgIpc) is 3.32. The van der Waals surface area contributed by atoms with Crippen LogP contribution in [0.15, 0.2) is 71.7 Å². The number of aromatic nitrogens is 2. The van der Waals surface area contributed by atoms with E-state index in [1.165, 1.54) is 23.5 Å². The van der Waals surface area contributed by atoms with Crippen molar-refractivity contribution in [3.8, 4) is 17.3 Å². The highest BCUT2D eigenvalue weighted by Crippen LogP contribution is 2.28. The molecule has 0 aliphatic heterocycles. The van der Waals surface area contributed by atoms with Crippen LogP contribution in [-0.4, -0.2) is 22.4 Å². The number of nitrogens with one attached hydrogen (secondary N) is 2. The third-order valence-corrected chi connectivity index (χ3v) is 5.71. The van der Waals surface area contributed by atoms with Gasteiger partial charge in [0.1, 0.15) is 17.7 Å². The van der Waals surface area contributed by atoms with Gasteiger partial charge in [-0.2, -0.15) is 16.6 Å². The molecule has 0 bridgehead atoms. The molecule has 6 nitrogen and oxygen atoms in total. The summed E-state index contributed by atoms with van der Waals surface area (Å²) in [6.45, 7) is 0.789. The number of nitriles is 1. The molecule has 33 heavy (non-hydrogen) atoms. The van der Waals surface area contributed by atoms with Crippen LogP contribution in [0.3, 0.4) is 0 Å². The number of amides is 1. The van der Waals surface area contributed by atoms with Crippen molar-refractivity contribution in [1.82, 2.24) is 15.3 Å². The Morgan fingerprint density at radius 3 is 2.79 bits per heavy atom. The van der Waals surface area contributed by atoms with Gasteiger partial charge in [-0.25, -0.2) is 9.37 Å². The molecule has 0 unspecified atom stereocenters. The molecular weight excluding hydrogens is 437 g/mol. The maximum Gasteiger partial charge on any atom is 0.255 e. The summed E-state index contributed by atoms with van der Waals surface area (Å²) in [7, 11) is 0. The lowest BCUT2D eigenvalue weighted by Crippen LogP contribution is -2.24. The lowest BCUT2D eigenvalue weighted by Gasteiger charge is -2.13. The minimum Gasteiger partial charge on any atom is -0.369 e. The Kier molecular flexibility index (Phi) is 7.03. The first kappa shape index (κ1) is 22.1. The topological polar surface area (TPSA) is 90.7 Å². The Morgan fingerprint density at radius 2 is 2.00 bits per heavy atom. The van der Waals surface area contributed by atoms with E-state index in [9.17, 15) is 14.4 Å². The van der Waals surface area contributed by atoms with E-state index in [0.717, 1.165) is 16.7 Å². The molecule has 0 aliphatic rings. The van der Waals surface area contributed by atoms with Gasteiger partial charge >= 0.3 is 0 Å². The second-order valence-corrected chi connectivity index (χ2v) is 8.00. The van der Waals surface area contributed by atoms with Crippen molar-refractivity contribution in [3.63, 3.8) is 0 Å². The van der Waals surface area contributed by atoms with Crippen LogP contribution in [0.25, 0.3) is 11.3 Å². The van der Waals surface area contributed by atoms with Crippen molar-refractivity contribution >= 4 is 23.1 Å². The van der Waals surface area contributed by atoms with Gasteiger partial charge in [0.15, 0.2) is 0 Å². The highest BCUT2D eigenvalue weighted by molar-refractivity contribution is 7.08. The first-order valence-electron chi connectivity index (χ1n) is 10.3. The van der Waals surface area contributed by atoms with Gasteiger partial charge in [-0.15, -0.1) is 0 Å². The van der Waals surface area contributed by atoms with Crippen LogP contribution in [0.5, 0.6) is 0 Å². The second kappa shape index (κ2) is 10.5. The van der Waals surface area contributed by atoms with Crippen LogP contribution >= 0.6 is 11.3 Å². The smallest absolute Gasteiger partial charge is 0.255 e. The molecule has 0 radical (unpaired) electrons. The SMILES string of the molecule is N#Cc1cscc1-c1ccc(C(=O)NCc2cccnc2)c(NCCc2cccc(F)c2)n1. The standard InChI is InChI=1S/C25H20FN5OS/c26-20-5-1-3-17(11-20)8-10-29-24-21(25(32)30-14-18-4-2-9-28-13-18)6-7-23(31-24)22-16-33-15-19(22)12-27/h1-7,9,11,13,15-16H,8,10,14H2,(H,29,31)(H,30,32). The van der Waals surface area contributed by atoms with Gasteiger partial charge in [-0.05, 0) is 47.9 Å². The lowest BCUT2D eigenvalue weighted by atomic mass is 10.1. The van der Waals surface area contributed by atoms with E-state index in [0.29, 0.717) is 42.1 Å². The Hall–Kier alpha value is -4.09. The number of halogens is 1. The van der Waals surface area contributed by atoms with Crippen LogP contribution in [0.4, 0.5) is 10.2 Å². The van der Waals surface area contributed by atoms with Gasteiger partial charge < -0.3 is 10.6 Å². The summed E-state index contributed by atoms with van der Waals surface area (Å²) in [5.41, 5.74) is 3.96. The Balaban J connectivity index is 1.56. The number of anilines is 1. The van der Waals surface area contributed by atoms with Gasteiger partial charge in [0, 0.05) is 41.8 Å². The summed E-state index contributed by atoms with van der Waals surface area (Å²) < 4.78 is 13.5. The molecule has 8 heteroatoms. The molecule has 164 valence electrons. The quantitative estimate of drug-likeness (QED) is 0.397. The summed E-state index contributed by atoms with van der Waals surface area (Å²) in [5.74, 6) is -0.163. The fourth-order valence-corrected chi connectivity index (χ4v) is 4.07. The largest absolute Gasteiger partial charge is 0.369 e. The number of nitrogens with zero attached hydrogens (tertiary/aromatic N) is 3. The molecule has 1 amide bonds. The number of benzene rings is 1. The van der Waals surface area contributed by atoms with Gasteiger partial charge in [0.05, 0.1) is 16.8 Å². The molecule has 3 aromatic heterocycles. The predicted molar refractivity (Wildman–Crippen MR) is 126 cm³/mol. The van der Waals surface area contributed by atoms with E-state index in [1.54, 1.807) is 36.0 Å². The second-order valence-electron chi connectivity index (χ2n) is 7.25. The van der Waals surface area contributed by atoms with Crippen molar-refractivity contribution < 1.29 is 9.18 Å². The first-order valence-corrected chi connectivity index (χ1v) is 11.2. The van der Waals surface area contributed by atoms with Crippen LogP contribution in [0.2, 0.25) is 0 Å². The number of hydrogen-bond donors (Lipinski definition) is 2. The zero-order valence-corrected chi connectivity index (χ0v) is 18.4. The monoisotopic (exact) mass is 457 g/mol. The highest BCUT2D eigenvalue weighted by Gasteiger charge is 2.16. The minimum atomic E-state index is -0.287. The van der Waals surface area contributed by atoms with Crippen LogP contribution < -0.4 is 10.6 Å². The zero-order valence-electron chi connectivity index (χ0n) is 17.6. The fourth-order valence-electron chi connectivity index (χ4n) is 3.31. The molecule has 2 N–H and O–H groups in total. The maximum absolute atomic E-state index is 13.5. The molecule has 3 heterocycles. The molecule has 4 rings (SSSR count). The number of rotatable bonds is 8. The molecule has 0 aliphatic carbocycles. The molecule has 0 saturated carbocycles. The molecular formula is C25H20FN5OS. The van der Waals surface area contributed by atoms with Crippen LogP contribution in [0.1, 0.15) is 27.0 Å². The van der Waals surface area contributed by atoms with Gasteiger partial charge in [0.2, 0.25) is 0 Å². The number of hydrogen-bond acceptors (Lipinski definition) is 6. The zero-order chi connectivity index (χ0) is 23.0. The Morgan fingerprint density at radius 1 is 1.12 bits per heavy atom. The van der Waals surface area contributed by atoms with Gasteiger partial charge in [-0.1, -0.05) is 18.2 Å². The number of pyridine rings is 2. The minimum absolute atomic E-state index is 0.281. The molecule has 0 fully saturated rings. The van der Waals surface area contributed by atoms with Crippen LogP contribution in [-0.2, 0) is 13.0 Å². The summed E-state index contributed by atoms with van der Waals surface area (Å²) in [4.78, 5) is 21.6. The number of thiophene rings is 1. The summed E-state index contributed by atoms with van der Waals surface area (Å²) in [5, 5.41) is 19.1. The van der Waals surface area contributed by atoms with Crippen molar-refractivity contribution in [3.05, 3.63) is 99.8 Å². The molecule has 0 atom stereocenters. The van der Waals surface area contributed by atoms with Crippen LogP contribution in [0, 0.1) is 17.1 Å². The lowest BCUT2D eigenvalue weighted by molar-refractivity contribution is 0.0951. The average molecular weight is 458 g/mol. The van der Waals surface area contributed by atoms with Gasteiger partial charge in [-0.3, -0.25) is 9.78 Å². The highest BCUT2D eigenvalue weighted by atomic mass is 32.1. The van der Waals surface area contributed by atoms with Crippen molar-refractivity contribution in [2.24, 2.45) is 0 Å². The third-order valence-electron chi connectivity index (χ3n) is 4.97. The first-order chi connectivity index (χ1) is 16.1. The summed E-state index contributed by atoms with van der Waals surface area (Å²) in [6, 6.07) is 15.7. The van der Waals surface area contributed by atoms with E-state index in [2.05, 4.69) is 26.7 Å². The molecule has 1 aromatic carbocycles. The molecule has 0 spiro atoms. The van der Waals surface area contributed by atoms with E-state index < -0.39 is 0 Å². The van der Waals surface area contributed by atoms with E-state index in [-0.39, 0.29) is 11.7 Å². The number of carbonyl (C=O) groups excluding carboxylic acids is 1. The fraction of sp³-hybridized carbons (Fsp3) is 0.120. The van der Waals surface area contributed by atoms with Crippen molar-refractivity contribution in [2.75, 3.05) is 11.9 Å². The van der Waals surface area contributed by atoms with E-state index >= 15 is 0 Å². The van der Waals surface area contributed by atoms with Crippen molar-refractivity contribution in [2.45, 2.75) is 13.0 Å². The number of carbonyl (C=O) groups is 1. The van der Waals surface area contributed by atoms with E-state index in [4.69, 9.17) is 0 Å². The Labute approximate surface area is 194 Å². The maximum atomic E-state index is 13.5. The van der Waals surface area contributed by atoms with Gasteiger partial charge in [0.25, 0.3) is 5.91 Å². The van der Waals surface area contributed by atoms with E-state index in [1.807, 2.05) is 23.6 Å². The summed E-state index contributed by atoms with van der Waals surface area (Å²) >= 11 is 1.42.